The quantitative estimate of drug-likeness (QED) is 0.748. The number of nitrogens with zero attached hydrogens (tertiary/aromatic N) is 1. The molecule has 0 spiro atoms. The second-order valence-electron chi connectivity index (χ2n) is 7.66. The molecule has 1 heterocycles. The number of carbonyl (C=O) groups excluding carboxylic acids is 1. The number of hydrogen-bond donors (Lipinski definition) is 1. The highest BCUT2D eigenvalue weighted by Crippen LogP contribution is 2.42. The Bertz CT molecular complexity index is 807. The fourth-order valence-electron chi connectivity index (χ4n) is 4.51. The number of cyclic esters (lactones) is 1. The normalized spacial score (nSPS) is 27.2. The van der Waals surface area contributed by atoms with Crippen LogP contribution in [0, 0.1) is 0 Å². The third kappa shape index (κ3) is 4.00. The zero-order valence-corrected chi connectivity index (χ0v) is 17.3. The van der Waals surface area contributed by atoms with Crippen LogP contribution in [0.3, 0.4) is 0 Å². The molecular formula is C22H26Cl2N2O2. The van der Waals surface area contributed by atoms with Crippen LogP contribution in [-0.2, 0) is 10.2 Å². The highest BCUT2D eigenvalue weighted by Gasteiger charge is 2.42. The summed E-state index contributed by atoms with van der Waals surface area (Å²) in [6.45, 7) is 1.22. The Morgan fingerprint density at radius 2 is 1.82 bits per heavy atom. The van der Waals surface area contributed by atoms with Crippen LogP contribution in [-0.4, -0.2) is 30.1 Å². The van der Waals surface area contributed by atoms with Crippen molar-refractivity contribution in [1.29, 1.82) is 0 Å². The van der Waals surface area contributed by atoms with Crippen LogP contribution in [0.25, 0.3) is 0 Å². The summed E-state index contributed by atoms with van der Waals surface area (Å²) in [5.41, 5.74) is 8.41. The molecule has 150 valence electrons. The maximum absolute atomic E-state index is 12.5. The first-order chi connectivity index (χ1) is 13.1. The number of nitrogens with two attached hydrogens (primary N) is 1. The maximum Gasteiger partial charge on any atom is 0.410 e. The second-order valence-corrected chi connectivity index (χ2v) is 8.10. The minimum atomic E-state index is -0.197. The first kappa shape index (κ1) is 21.0. The van der Waals surface area contributed by atoms with Crippen LogP contribution in [0.2, 0.25) is 5.02 Å². The molecule has 2 fully saturated rings. The number of rotatable bonds is 4. The van der Waals surface area contributed by atoms with Gasteiger partial charge in [0.15, 0.2) is 0 Å². The van der Waals surface area contributed by atoms with E-state index < -0.39 is 0 Å². The van der Waals surface area contributed by atoms with Crippen molar-refractivity contribution in [3.8, 4) is 0 Å². The van der Waals surface area contributed by atoms with Gasteiger partial charge in [-0.05, 0) is 48.9 Å². The topological polar surface area (TPSA) is 55.6 Å². The van der Waals surface area contributed by atoms with Gasteiger partial charge in [-0.3, -0.25) is 0 Å². The number of ether oxygens (including phenoxy) is 1. The van der Waals surface area contributed by atoms with Gasteiger partial charge in [0.25, 0.3) is 0 Å². The van der Waals surface area contributed by atoms with Gasteiger partial charge in [0.1, 0.15) is 6.10 Å². The van der Waals surface area contributed by atoms with E-state index in [0.29, 0.717) is 13.1 Å². The zero-order chi connectivity index (χ0) is 18.9. The highest BCUT2D eigenvalue weighted by molar-refractivity contribution is 6.30. The molecule has 1 atom stereocenters. The van der Waals surface area contributed by atoms with Crippen molar-refractivity contribution in [1.82, 2.24) is 4.90 Å². The van der Waals surface area contributed by atoms with E-state index in [1.165, 1.54) is 5.56 Å². The van der Waals surface area contributed by atoms with Crippen molar-refractivity contribution in [3.63, 3.8) is 0 Å². The summed E-state index contributed by atoms with van der Waals surface area (Å²) in [6, 6.07) is 18.2. The standard InChI is InChI=1S/C22H25ClN2O2.ClH/c23-18-8-4-7-17(13-18)22(15-24)11-9-19(10-12-22)25-14-20(27-21(25)26)16-5-2-1-3-6-16;/h1-8,13,19-20H,9-12,14-15,24H2;1H/t19?,20-,22?;/m0./s1. The number of benzene rings is 2. The van der Waals surface area contributed by atoms with Gasteiger partial charge >= 0.3 is 6.09 Å². The minimum Gasteiger partial charge on any atom is -0.439 e. The molecule has 6 heteroatoms. The van der Waals surface area contributed by atoms with Crippen molar-refractivity contribution in [2.45, 2.75) is 43.2 Å². The van der Waals surface area contributed by atoms with Gasteiger partial charge in [0, 0.05) is 23.0 Å². The molecular weight excluding hydrogens is 395 g/mol. The van der Waals surface area contributed by atoms with Gasteiger partial charge in [-0.2, -0.15) is 0 Å². The Morgan fingerprint density at radius 1 is 1.11 bits per heavy atom. The molecule has 0 radical (unpaired) electrons. The molecule has 1 aliphatic heterocycles. The molecule has 2 aliphatic rings. The molecule has 2 N–H and O–H groups in total. The Morgan fingerprint density at radius 3 is 2.46 bits per heavy atom. The molecule has 1 aliphatic carbocycles. The van der Waals surface area contributed by atoms with Crippen molar-refractivity contribution < 1.29 is 9.53 Å². The van der Waals surface area contributed by atoms with Crippen LogP contribution >= 0.6 is 24.0 Å². The number of amides is 1. The van der Waals surface area contributed by atoms with Gasteiger partial charge < -0.3 is 15.4 Å². The summed E-state index contributed by atoms with van der Waals surface area (Å²) in [5, 5.41) is 0.747. The number of hydrogen-bond acceptors (Lipinski definition) is 3. The van der Waals surface area contributed by atoms with E-state index in [1.54, 1.807) is 0 Å². The fraction of sp³-hybridized carbons (Fsp3) is 0.409. The predicted octanol–water partition coefficient (Wildman–Crippen LogP) is 5.09. The van der Waals surface area contributed by atoms with Crippen LogP contribution in [0.5, 0.6) is 0 Å². The van der Waals surface area contributed by atoms with E-state index in [-0.39, 0.29) is 36.1 Å². The molecule has 4 rings (SSSR count). The van der Waals surface area contributed by atoms with Gasteiger partial charge in [-0.25, -0.2) is 4.79 Å². The third-order valence-corrected chi connectivity index (χ3v) is 6.43. The van der Waals surface area contributed by atoms with Crippen LogP contribution < -0.4 is 5.73 Å². The minimum absolute atomic E-state index is 0. The molecule has 2 aromatic rings. The Kier molecular flexibility index (Phi) is 6.54. The molecule has 0 unspecified atom stereocenters. The lowest BCUT2D eigenvalue weighted by Gasteiger charge is -2.42. The summed E-state index contributed by atoms with van der Waals surface area (Å²) in [4.78, 5) is 14.4. The van der Waals surface area contributed by atoms with Gasteiger partial charge in [-0.1, -0.05) is 54.1 Å². The molecule has 0 bridgehead atoms. The summed E-state index contributed by atoms with van der Waals surface area (Å²) < 4.78 is 5.64. The summed E-state index contributed by atoms with van der Waals surface area (Å²) in [5.74, 6) is 0. The van der Waals surface area contributed by atoms with E-state index in [1.807, 2.05) is 53.4 Å². The summed E-state index contributed by atoms with van der Waals surface area (Å²) in [7, 11) is 0. The van der Waals surface area contributed by atoms with Crippen LogP contribution in [0.15, 0.2) is 54.6 Å². The molecule has 28 heavy (non-hydrogen) atoms. The SMILES string of the molecule is Cl.NCC1(c2cccc(Cl)c2)CCC(N2C[C@@H](c3ccccc3)OC2=O)CC1. The Labute approximate surface area is 177 Å². The maximum atomic E-state index is 12.5. The Balaban J connectivity index is 0.00000225. The van der Waals surface area contributed by atoms with Gasteiger partial charge in [-0.15, -0.1) is 12.4 Å². The van der Waals surface area contributed by atoms with E-state index >= 15 is 0 Å². The molecule has 0 aromatic heterocycles. The van der Waals surface area contributed by atoms with Crippen LogP contribution in [0.1, 0.15) is 42.9 Å². The number of carbonyl (C=O) groups is 1. The lowest BCUT2D eigenvalue weighted by atomic mass is 9.68. The number of halogens is 2. The third-order valence-electron chi connectivity index (χ3n) is 6.19. The summed E-state index contributed by atoms with van der Waals surface area (Å²) >= 11 is 6.20. The lowest BCUT2D eigenvalue weighted by molar-refractivity contribution is 0.117. The van der Waals surface area contributed by atoms with Gasteiger partial charge in [0.2, 0.25) is 0 Å². The predicted molar refractivity (Wildman–Crippen MR) is 114 cm³/mol. The second kappa shape index (κ2) is 8.73. The van der Waals surface area contributed by atoms with E-state index in [2.05, 4.69) is 6.07 Å². The zero-order valence-electron chi connectivity index (χ0n) is 15.7. The van der Waals surface area contributed by atoms with Crippen molar-refractivity contribution in [2.24, 2.45) is 5.73 Å². The van der Waals surface area contributed by atoms with E-state index in [9.17, 15) is 4.79 Å². The van der Waals surface area contributed by atoms with Crippen molar-refractivity contribution >= 4 is 30.1 Å². The van der Waals surface area contributed by atoms with Crippen molar-refractivity contribution in [2.75, 3.05) is 13.1 Å². The molecule has 1 saturated heterocycles. The van der Waals surface area contributed by atoms with Crippen molar-refractivity contribution in [3.05, 3.63) is 70.7 Å². The average Bonchev–Trinajstić information content (AvgIpc) is 3.10. The van der Waals surface area contributed by atoms with E-state index in [4.69, 9.17) is 22.1 Å². The lowest BCUT2D eigenvalue weighted by Crippen LogP contribution is -2.45. The van der Waals surface area contributed by atoms with Gasteiger partial charge in [0.05, 0.1) is 6.54 Å². The molecule has 1 saturated carbocycles. The molecule has 1 amide bonds. The highest BCUT2D eigenvalue weighted by atomic mass is 35.5. The molecule has 4 nitrogen and oxygen atoms in total. The smallest absolute Gasteiger partial charge is 0.410 e. The monoisotopic (exact) mass is 420 g/mol. The average molecular weight is 421 g/mol. The Hall–Kier alpha value is -1.75. The first-order valence-electron chi connectivity index (χ1n) is 9.60. The largest absolute Gasteiger partial charge is 0.439 e. The van der Waals surface area contributed by atoms with Crippen LogP contribution in [0.4, 0.5) is 4.79 Å². The van der Waals surface area contributed by atoms with E-state index in [0.717, 1.165) is 36.3 Å². The molecule has 2 aromatic carbocycles. The first-order valence-corrected chi connectivity index (χ1v) is 9.97. The summed E-state index contributed by atoms with van der Waals surface area (Å²) in [6.07, 6.45) is 3.40. The fourth-order valence-corrected chi connectivity index (χ4v) is 4.71.